The molecule has 1 heterocycles. The maximum atomic E-state index is 5.60. The molecule has 0 aliphatic rings. The van der Waals surface area contributed by atoms with E-state index >= 15 is 0 Å². The Labute approximate surface area is 102 Å². The Morgan fingerprint density at radius 1 is 1.24 bits per heavy atom. The van der Waals surface area contributed by atoms with Crippen molar-refractivity contribution in [1.82, 2.24) is 15.0 Å². The molecular formula is C11H21N5O. The van der Waals surface area contributed by atoms with E-state index in [2.05, 4.69) is 34.1 Å². The van der Waals surface area contributed by atoms with Crippen LogP contribution in [0.5, 0.6) is 6.01 Å². The van der Waals surface area contributed by atoms with E-state index in [1.165, 1.54) is 0 Å². The van der Waals surface area contributed by atoms with Gasteiger partial charge in [0.05, 0.1) is 6.61 Å². The number of anilines is 2. The lowest BCUT2D eigenvalue weighted by Gasteiger charge is -2.16. The predicted molar refractivity (Wildman–Crippen MR) is 68.0 cm³/mol. The second-order valence-corrected chi connectivity index (χ2v) is 3.77. The molecule has 0 aliphatic carbocycles. The van der Waals surface area contributed by atoms with Crippen LogP contribution >= 0.6 is 0 Å². The van der Waals surface area contributed by atoms with Gasteiger partial charge in [0.1, 0.15) is 0 Å². The second-order valence-electron chi connectivity index (χ2n) is 3.77. The van der Waals surface area contributed by atoms with E-state index in [0.29, 0.717) is 18.6 Å². The molecule has 0 saturated carbocycles. The summed E-state index contributed by atoms with van der Waals surface area (Å²) in [4.78, 5) is 12.1. The van der Waals surface area contributed by atoms with Crippen LogP contribution < -0.4 is 15.8 Å². The van der Waals surface area contributed by atoms with Crippen molar-refractivity contribution in [2.45, 2.75) is 46.1 Å². The summed E-state index contributed by atoms with van der Waals surface area (Å²) < 4.78 is 5.22. The number of nitrogens with one attached hydrogen (secondary N) is 1. The Hall–Kier alpha value is -1.59. The first-order valence-electron chi connectivity index (χ1n) is 6.10. The van der Waals surface area contributed by atoms with Crippen molar-refractivity contribution >= 4 is 11.9 Å². The minimum atomic E-state index is 0.178. The molecule has 1 aromatic rings. The number of rotatable bonds is 7. The molecule has 3 N–H and O–H groups in total. The van der Waals surface area contributed by atoms with Crippen molar-refractivity contribution < 1.29 is 4.74 Å². The van der Waals surface area contributed by atoms with Crippen molar-refractivity contribution in [3.8, 4) is 6.01 Å². The van der Waals surface area contributed by atoms with Crippen LogP contribution in [0.15, 0.2) is 0 Å². The Morgan fingerprint density at radius 3 is 2.59 bits per heavy atom. The number of nitrogen functional groups attached to an aromatic ring is 1. The molecule has 6 nitrogen and oxygen atoms in total. The maximum absolute atomic E-state index is 5.60. The van der Waals surface area contributed by atoms with Crippen LogP contribution in [0.3, 0.4) is 0 Å². The van der Waals surface area contributed by atoms with E-state index in [9.17, 15) is 0 Å². The summed E-state index contributed by atoms with van der Waals surface area (Å²) in [6.45, 7) is 6.66. The summed E-state index contributed by atoms with van der Waals surface area (Å²) in [5, 5.41) is 3.25. The summed E-state index contributed by atoms with van der Waals surface area (Å²) in [7, 11) is 0. The fraction of sp³-hybridized carbons (Fsp3) is 0.727. The molecule has 1 atom stereocenters. The van der Waals surface area contributed by atoms with Gasteiger partial charge in [0.15, 0.2) is 0 Å². The Morgan fingerprint density at radius 2 is 2.00 bits per heavy atom. The summed E-state index contributed by atoms with van der Waals surface area (Å²) >= 11 is 0. The van der Waals surface area contributed by atoms with Gasteiger partial charge in [-0.05, 0) is 19.8 Å². The van der Waals surface area contributed by atoms with Gasteiger partial charge in [0.25, 0.3) is 0 Å². The monoisotopic (exact) mass is 239 g/mol. The van der Waals surface area contributed by atoms with E-state index in [1.807, 2.05) is 6.92 Å². The zero-order chi connectivity index (χ0) is 12.7. The van der Waals surface area contributed by atoms with Crippen molar-refractivity contribution in [2.24, 2.45) is 0 Å². The summed E-state index contributed by atoms with van der Waals surface area (Å²) in [5.41, 5.74) is 5.60. The minimum absolute atomic E-state index is 0.178. The van der Waals surface area contributed by atoms with E-state index in [1.54, 1.807) is 0 Å². The smallest absolute Gasteiger partial charge is 0.323 e. The summed E-state index contributed by atoms with van der Waals surface area (Å²) in [6.07, 6.45) is 3.21. The Kier molecular flexibility index (Phi) is 5.45. The highest BCUT2D eigenvalue weighted by molar-refractivity contribution is 5.33. The van der Waals surface area contributed by atoms with Crippen molar-refractivity contribution in [1.29, 1.82) is 0 Å². The first-order valence-corrected chi connectivity index (χ1v) is 6.10. The Bertz CT molecular complexity index is 345. The number of hydrogen-bond acceptors (Lipinski definition) is 6. The van der Waals surface area contributed by atoms with Gasteiger partial charge in [-0.2, -0.15) is 15.0 Å². The molecule has 0 saturated heterocycles. The normalized spacial score (nSPS) is 12.2. The van der Waals surface area contributed by atoms with Crippen LogP contribution in [-0.2, 0) is 0 Å². The molecule has 0 amide bonds. The van der Waals surface area contributed by atoms with Crippen LogP contribution in [0.2, 0.25) is 0 Å². The number of nitrogens with two attached hydrogens (primary N) is 1. The van der Waals surface area contributed by atoms with E-state index in [0.717, 1.165) is 19.3 Å². The highest BCUT2D eigenvalue weighted by Gasteiger charge is 2.09. The second kappa shape index (κ2) is 6.88. The van der Waals surface area contributed by atoms with Crippen LogP contribution in [-0.4, -0.2) is 27.6 Å². The largest absolute Gasteiger partial charge is 0.464 e. The molecule has 1 unspecified atom stereocenters. The minimum Gasteiger partial charge on any atom is -0.464 e. The van der Waals surface area contributed by atoms with Crippen molar-refractivity contribution in [3.05, 3.63) is 0 Å². The van der Waals surface area contributed by atoms with Gasteiger partial charge in [-0.3, -0.25) is 0 Å². The summed E-state index contributed by atoms with van der Waals surface area (Å²) in [6, 6.07) is 0.630. The fourth-order valence-corrected chi connectivity index (χ4v) is 1.54. The summed E-state index contributed by atoms with van der Waals surface area (Å²) in [5.74, 6) is 0.665. The van der Waals surface area contributed by atoms with Gasteiger partial charge in [0, 0.05) is 6.04 Å². The van der Waals surface area contributed by atoms with Gasteiger partial charge >= 0.3 is 6.01 Å². The molecule has 0 aromatic carbocycles. The van der Waals surface area contributed by atoms with Gasteiger partial charge < -0.3 is 15.8 Å². The topological polar surface area (TPSA) is 86.0 Å². The van der Waals surface area contributed by atoms with Gasteiger partial charge in [-0.1, -0.05) is 20.3 Å². The number of nitrogens with zero attached hydrogens (tertiary/aromatic N) is 3. The van der Waals surface area contributed by atoms with Crippen LogP contribution in [0, 0.1) is 0 Å². The van der Waals surface area contributed by atoms with Gasteiger partial charge in [-0.25, -0.2) is 0 Å². The third-order valence-electron chi connectivity index (χ3n) is 2.37. The molecular weight excluding hydrogens is 218 g/mol. The van der Waals surface area contributed by atoms with Crippen LogP contribution in [0.1, 0.15) is 40.0 Å². The molecule has 17 heavy (non-hydrogen) atoms. The van der Waals surface area contributed by atoms with Crippen molar-refractivity contribution in [3.63, 3.8) is 0 Å². The SMILES string of the molecule is CCCC(CC)Nc1nc(N)nc(OCC)n1. The van der Waals surface area contributed by atoms with Crippen LogP contribution in [0.25, 0.3) is 0 Å². The molecule has 6 heteroatoms. The molecule has 0 fully saturated rings. The fourth-order valence-electron chi connectivity index (χ4n) is 1.54. The molecule has 1 aromatic heterocycles. The lowest BCUT2D eigenvalue weighted by atomic mass is 10.1. The third kappa shape index (κ3) is 4.42. The molecule has 1 rings (SSSR count). The van der Waals surface area contributed by atoms with E-state index in [-0.39, 0.29) is 12.0 Å². The number of hydrogen-bond donors (Lipinski definition) is 2. The van der Waals surface area contributed by atoms with Gasteiger partial charge in [0.2, 0.25) is 11.9 Å². The first-order chi connectivity index (χ1) is 8.19. The molecule has 96 valence electrons. The van der Waals surface area contributed by atoms with E-state index < -0.39 is 0 Å². The van der Waals surface area contributed by atoms with Crippen LogP contribution in [0.4, 0.5) is 11.9 Å². The number of aromatic nitrogens is 3. The lowest BCUT2D eigenvalue weighted by Crippen LogP contribution is -2.20. The van der Waals surface area contributed by atoms with Gasteiger partial charge in [-0.15, -0.1) is 0 Å². The zero-order valence-corrected chi connectivity index (χ0v) is 10.7. The quantitative estimate of drug-likeness (QED) is 0.755. The molecule has 0 aliphatic heterocycles. The molecule has 0 bridgehead atoms. The maximum Gasteiger partial charge on any atom is 0.323 e. The lowest BCUT2D eigenvalue weighted by molar-refractivity contribution is 0.312. The average molecular weight is 239 g/mol. The average Bonchev–Trinajstić information content (AvgIpc) is 2.28. The molecule has 0 spiro atoms. The standard InChI is InChI=1S/C11H21N5O/c1-4-7-8(5-2)13-10-14-9(12)15-11(16-10)17-6-3/h8H,4-7H2,1-3H3,(H3,12,13,14,15,16). The highest BCUT2D eigenvalue weighted by Crippen LogP contribution is 2.12. The number of ether oxygens (including phenoxy) is 1. The molecule has 0 radical (unpaired) electrons. The zero-order valence-electron chi connectivity index (χ0n) is 10.7. The Balaban J connectivity index is 2.75. The van der Waals surface area contributed by atoms with Crippen molar-refractivity contribution in [2.75, 3.05) is 17.7 Å². The third-order valence-corrected chi connectivity index (χ3v) is 2.37. The van der Waals surface area contributed by atoms with E-state index in [4.69, 9.17) is 10.5 Å². The first kappa shape index (κ1) is 13.5. The highest BCUT2D eigenvalue weighted by atomic mass is 16.5. The predicted octanol–water partition coefficient (Wildman–Crippen LogP) is 1.84.